The van der Waals surface area contributed by atoms with E-state index >= 15 is 0 Å². The Morgan fingerprint density at radius 2 is 1.74 bits per heavy atom. The lowest BCUT2D eigenvalue weighted by molar-refractivity contribution is -0.146. The van der Waals surface area contributed by atoms with E-state index in [2.05, 4.69) is 12.2 Å². The zero-order chi connectivity index (χ0) is 19.6. The molecule has 0 aliphatic carbocycles. The Balaban J connectivity index is 1.84. The van der Waals surface area contributed by atoms with Gasteiger partial charge in [-0.1, -0.05) is 31.9 Å². The molecule has 0 aromatic heterocycles. The number of hydrogen-bond donors (Lipinski definition) is 1. The molecule has 2 rings (SSSR count). The quantitative estimate of drug-likeness (QED) is 0.515. The van der Waals surface area contributed by atoms with E-state index in [4.69, 9.17) is 9.47 Å². The monoisotopic (exact) mass is 369 g/mol. The Hall–Kier alpha value is -2.82. The summed E-state index contributed by atoms with van der Waals surface area (Å²) in [5.41, 5.74) is 3.48. The van der Waals surface area contributed by atoms with Crippen LogP contribution in [0.1, 0.15) is 47.7 Å². The van der Waals surface area contributed by atoms with Gasteiger partial charge >= 0.3 is 5.97 Å². The normalized spacial score (nSPS) is 10.3. The lowest BCUT2D eigenvalue weighted by atomic mass is 10.1. The van der Waals surface area contributed by atoms with Crippen molar-refractivity contribution in [1.29, 1.82) is 0 Å². The number of anilines is 1. The smallest absolute Gasteiger partial charge is 0.344 e. The maximum atomic E-state index is 12.4. The van der Waals surface area contributed by atoms with Gasteiger partial charge in [-0.15, -0.1) is 0 Å². The largest absolute Gasteiger partial charge is 0.482 e. The zero-order valence-corrected chi connectivity index (χ0v) is 16.2. The Bertz CT molecular complexity index is 768. The summed E-state index contributed by atoms with van der Waals surface area (Å²) in [5.74, 6) is -0.0581. The second kappa shape index (κ2) is 10.4. The molecule has 5 nitrogen and oxygen atoms in total. The van der Waals surface area contributed by atoms with E-state index in [1.165, 1.54) is 0 Å². The molecule has 0 radical (unpaired) electrons. The summed E-state index contributed by atoms with van der Waals surface area (Å²) >= 11 is 0. The number of amides is 1. The molecule has 0 bridgehead atoms. The zero-order valence-electron chi connectivity index (χ0n) is 16.2. The SMILES string of the molecule is CCCCCOC(=O)COc1ccc(C(=O)Nc2cccc(C)c2C)cc1. The highest BCUT2D eigenvalue weighted by atomic mass is 16.6. The summed E-state index contributed by atoms with van der Waals surface area (Å²) in [6.45, 7) is 6.36. The molecule has 144 valence electrons. The van der Waals surface area contributed by atoms with Crippen molar-refractivity contribution >= 4 is 17.6 Å². The first-order valence-corrected chi connectivity index (χ1v) is 9.27. The fourth-order valence-electron chi connectivity index (χ4n) is 2.51. The van der Waals surface area contributed by atoms with Crippen molar-refractivity contribution in [2.45, 2.75) is 40.0 Å². The summed E-state index contributed by atoms with van der Waals surface area (Å²) in [5, 5.41) is 2.92. The van der Waals surface area contributed by atoms with Gasteiger partial charge in [0.25, 0.3) is 5.91 Å². The molecule has 1 amide bonds. The highest BCUT2D eigenvalue weighted by molar-refractivity contribution is 6.04. The number of nitrogens with one attached hydrogen (secondary N) is 1. The molecule has 0 aliphatic heterocycles. The molecule has 0 unspecified atom stereocenters. The number of unbranched alkanes of at least 4 members (excludes halogenated alkanes) is 2. The summed E-state index contributed by atoms with van der Waals surface area (Å²) in [6.07, 6.45) is 2.99. The van der Waals surface area contributed by atoms with E-state index in [1.807, 2.05) is 32.0 Å². The number of rotatable bonds is 9. The maximum absolute atomic E-state index is 12.4. The third-order valence-electron chi connectivity index (χ3n) is 4.34. The van der Waals surface area contributed by atoms with Crippen molar-refractivity contribution in [2.75, 3.05) is 18.5 Å². The first kappa shape index (κ1) is 20.5. The molecule has 1 N–H and O–H groups in total. The van der Waals surface area contributed by atoms with Crippen LogP contribution in [0.2, 0.25) is 0 Å². The van der Waals surface area contributed by atoms with Crippen LogP contribution in [-0.4, -0.2) is 25.1 Å². The van der Waals surface area contributed by atoms with Gasteiger partial charge in [-0.3, -0.25) is 4.79 Å². The number of carbonyl (C=O) groups excluding carboxylic acids is 2. The predicted molar refractivity (Wildman–Crippen MR) is 106 cm³/mol. The topological polar surface area (TPSA) is 64.6 Å². The van der Waals surface area contributed by atoms with Crippen LogP contribution in [0.4, 0.5) is 5.69 Å². The van der Waals surface area contributed by atoms with Crippen LogP contribution in [0.15, 0.2) is 42.5 Å². The highest BCUT2D eigenvalue weighted by Gasteiger charge is 2.09. The van der Waals surface area contributed by atoms with E-state index in [1.54, 1.807) is 24.3 Å². The van der Waals surface area contributed by atoms with Crippen molar-refractivity contribution in [1.82, 2.24) is 0 Å². The molecular weight excluding hydrogens is 342 g/mol. The van der Waals surface area contributed by atoms with Gasteiger partial charge in [0.05, 0.1) is 6.61 Å². The maximum Gasteiger partial charge on any atom is 0.344 e. The third kappa shape index (κ3) is 6.44. The lowest BCUT2D eigenvalue weighted by Crippen LogP contribution is -2.16. The van der Waals surface area contributed by atoms with Crippen molar-refractivity contribution in [3.63, 3.8) is 0 Å². The van der Waals surface area contributed by atoms with Crippen molar-refractivity contribution in [3.05, 3.63) is 59.2 Å². The van der Waals surface area contributed by atoms with Crippen molar-refractivity contribution in [2.24, 2.45) is 0 Å². The van der Waals surface area contributed by atoms with Gasteiger partial charge in [-0.2, -0.15) is 0 Å². The molecule has 27 heavy (non-hydrogen) atoms. The molecule has 0 saturated heterocycles. The van der Waals surface area contributed by atoms with Crippen LogP contribution in [0, 0.1) is 13.8 Å². The molecular formula is C22H27NO4. The summed E-state index contributed by atoms with van der Waals surface area (Å²) in [7, 11) is 0. The summed E-state index contributed by atoms with van der Waals surface area (Å²) in [4.78, 5) is 24.0. The van der Waals surface area contributed by atoms with Crippen LogP contribution >= 0.6 is 0 Å². The van der Waals surface area contributed by atoms with Gasteiger partial charge in [-0.05, 0) is 61.7 Å². The summed E-state index contributed by atoms with van der Waals surface area (Å²) in [6, 6.07) is 12.5. The van der Waals surface area contributed by atoms with Gasteiger partial charge in [0.15, 0.2) is 6.61 Å². The minimum atomic E-state index is -0.386. The standard InChI is InChI=1S/C22H27NO4/c1-4-5-6-14-26-21(24)15-27-19-12-10-18(11-13-19)22(25)23-20-9-7-8-16(2)17(20)3/h7-13H,4-6,14-15H2,1-3H3,(H,23,25). The average Bonchev–Trinajstić information content (AvgIpc) is 2.67. The molecule has 2 aromatic carbocycles. The Morgan fingerprint density at radius 1 is 1.00 bits per heavy atom. The van der Waals surface area contributed by atoms with Crippen molar-refractivity contribution in [3.8, 4) is 5.75 Å². The first-order chi connectivity index (χ1) is 13.0. The van der Waals surface area contributed by atoms with Crippen LogP contribution in [0.5, 0.6) is 5.75 Å². The van der Waals surface area contributed by atoms with Gasteiger partial charge in [0.1, 0.15) is 5.75 Å². The first-order valence-electron chi connectivity index (χ1n) is 9.27. The number of esters is 1. The van der Waals surface area contributed by atoms with Gasteiger partial charge in [0, 0.05) is 11.3 Å². The number of carbonyl (C=O) groups is 2. The third-order valence-corrected chi connectivity index (χ3v) is 4.34. The lowest BCUT2D eigenvalue weighted by Gasteiger charge is -2.11. The Morgan fingerprint density at radius 3 is 2.44 bits per heavy atom. The molecule has 0 heterocycles. The highest BCUT2D eigenvalue weighted by Crippen LogP contribution is 2.19. The molecule has 2 aromatic rings. The van der Waals surface area contributed by atoms with Gasteiger partial charge < -0.3 is 14.8 Å². The fraction of sp³-hybridized carbons (Fsp3) is 0.364. The fourth-order valence-corrected chi connectivity index (χ4v) is 2.51. The second-order valence-corrected chi connectivity index (χ2v) is 6.44. The van der Waals surface area contributed by atoms with Crippen LogP contribution in [-0.2, 0) is 9.53 Å². The Kier molecular flexibility index (Phi) is 7.86. The molecule has 0 aliphatic rings. The van der Waals surface area contributed by atoms with Gasteiger partial charge in [-0.25, -0.2) is 4.79 Å². The Labute approximate surface area is 160 Å². The summed E-state index contributed by atoms with van der Waals surface area (Å²) < 4.78 is 10.5. The van der Waals surface area contributed by atoms with E-state index in [0.29, 0.717) is 17.9 Å². The van der Waals surface area contributed by atoms with Crippen LogP contribution in [0.25, 0.3) is 0 Å². The molecule has 0 saturated carbocycles. The minimum absolute atomic E-state index is 0.139. The second-order valence-electron chi connectivity index (χ2n) is 6.44. The van der Waals surface area contributed by atoms with E-state index < -0.39 is 0 Å². The minimum Gasteiger partial charge on any atom is -0.482 e. The van der Waals surface area contributed by atoms with E-state index in [9.17, 15) is 9.59 Å². The van der Waals surface area contributed by atoms with E-state index in [-0.39, 0.29) is 18.5 Å². The average molecular weight is 369 g/mol. The molecule has 5 heteroatoms. The van der Waals surface area contributed by atoms with Crippen LogP contribution < -0.4 is 10.1 Å². The predicted octanol–water partition coefficient (Wildman–Crippen LogP) is 4.67. The number of benzene rings is 2. The molecule has 0 spiro atoms. The number of ether oxygens (including phenoxy) is 2. The molecule has 0 fully saturated rings. The van der Waals surface area contributed by atoms with Crippen molar-refractivity contribution < 1.29 is 19.1 Å². The number of aryl methyl sites for hydroxylation is 1. The van der Waals surface area contributed by atoms with Crippen LogP contribution in [0.3, 0.4) is 0 Å². The van der Waals surface area contributed by atoms with Gasteiger partial charge in [0.2, 0.25) is 0 Å². The molecule has 0 atom stereocenters. The number of hydrogen-bond acceptors (Lipinski definition) is 4. The van der Waals surface area contributed by atoms with E-state index in [0.717, 1.165) is 36.1 Å².